The second kappa shape index (κ2) is 4.62. The number of hydrogen-bond donors (Lipinski definition) is 1. The Balaban J connectivity index is 1.82. The van der Waals surface area contributed by atoms with E-state index in [1.807, 2.05) is 37.3 Å². The first kappa shape index (κ1) is 13.2. The Hall–Kier alpha value is -1.84. The molecule has 0 spiro atoms. The molecule has 1 aliphatic carbocycles. The number of carboxylic acids is 1. The monoisotopic (exact) mass is 273 g/mol. The topological polar surface area (TPSA) is 57.6 Å². The van der Waals surface area contributed by atoms with Crippen LogP contribution >= 0.6 is 0 Å². The van der Waals surface area contributed by atoms with Gasteiger partial charge >= 0.3 is 5.97 Å². The summed E-state index contributed by atoms with van der Waals surface area (Å²) in [7, 11) is 0. The third-order valence-corrected chi connectivity index (χ3v) is 4.82. The van der Waals surface area contributed by atoms with Crippen molar-refractivity contribution in [2.24, 2.45) is 5.92 Å². The standard InChI is InChI=1S/C16H19NO3/c1-11-13(14(18)19)7-10-17(11)15(20)16(8-9-16)12-5-3-2-4-6-12/h2-6,11,13H,7-10H2,1H3,(H,18,19). The van der Waals surface area contributed by atoms with Gasteiger partial charge < -0.3 is 10.0 Å². The maximum atomic E-state index is 12.8. The normalized spacial score (nSPS) is 27.4. The minimum Gasteiger partial charge on any atom is -0.481 e. The van der Waals surface area contributed by atoms with Gasteiger partial charge in [0.15, 0.2) is 0 Å². The van der Waals surface area contributed by atoms with Gasteiger partial charge in [-0.2, -0.15) is 0 Å². The zero-order chi connectivity index (χ0) is 14.3. The van der Waals surface area contributed by atoms with Crippen LogP contribution in [0.1, 0.15) is 31.7 Å². The maximum absolute atomic E-state index is 12.8. The molecule has 2 fully saturated rings. The average molecular weight is 273 g/mol. The number of carbonyl (C=O) groups is 2. The fourth-order valence-electron chi connectivity index (χ4n) is 3.34. The largest absolute Gasteiger partial charge is 0.481 e. The number of aliphatic carboxylic acids is 1. The molecule has 1 amide bonds. The first-order valence-corrected chi connectivity index (χ1v) is 7.16. The van der Waals surface area contributed by atoms with E-state index in [-0.39, 0.29) is 17.4 Å². The Kier molecular flexibility index (Phi) is 3.04. The third-order valence-electron chi connectivity index (χ3n) is 4.82. The van der Waals surface area contributed by atoms with Crippen LogP contribution in [-0.2, 0) is 15.0 Å². The fraction of sp³-hybridized carbons (Fsp3) is 0.500. The van der Waals surface area contributed by atoms with Crippen LogP contribution in [0.15, 0.2) is 30.3 Å². The van der Waals surface area contributed by atoms with E-state index in [1.54, 1.807) is 4.90 Å². The van der Waals surface area contributed by atoms with Crippen LogP contribution in [-0.4, -0.2) is 34.5 Å². The quantitative estimate of drug-likeness (QED) is 0.917. The predicted octanol–water partition coefficient (Wildman–Crippen LogP) is 2.04. The first-order chi connectivity index (χ1) is 9.56. The lowest BCUT2D eigenvalue weighted by atomic mass is 9.93. The predicted molar refractivity (Wildman–Crippen MR) is 74.3 cm³/mol. The summed E-state index contributed by atoms with van der Waals surface area (Å²) in [4.78, 5) is 25.8. The highest BCUT2D eigenvalue weighted by Crippen LogP contribution is 2.50. The van der Waals surface area contributed by atoms with Gasteiger partial charge in [0.2, 0.25) is 5.91 Å². The minimum atomic E-state index is -0.794. The van der Waals surface area contributed by atoms with Crippen molar-refractivity contribution in [3.8, 4) is 0 Å². The van der Waals surface area contributed by atoms with Crippen LogP contribution in [0.2, 0.25) is 0 Å². The molecule has 1 aromatic rings. The SMILES string of the molecule is CC1C(C(=O)O)CCN1C(=O)C1(c2ccccc2)CC1. The van der Waals surface area contributed by atoms with Crippen molar-refractivity contribution in [1.29, 1.82) is 0 Å². The summed E-state index contributed by atoms with van der Waals surface area (Å²) in [5.41, 5.74) is 0.680. The smallest absolute Gasteiger partial charge is 0.308 e. The van der Waals surface area contributed by atoms with Crippen LogP contribution in [0.4, 0.5) is 0 Å². The summed E-state index contributed by atoms with van der Waals surface area (Å²) in [6.07, 6.45) is 2.31. The lowest BCUT2D eigenvalue weighted by molar-refractivity contribution is -0.143. The van der Waals surface area contributed by atoms with E-state index < -0.39 is 11.9 Å². The van der Waals surface area contributed by atoms with Crippen molar-refractivity contribution in [3.63, 3.8) is 0 Å². The molecule has 1 heterocycles. The van der Waals surface area contributed by atoms with Crippen LogP contribution in [0.25, 0.3) is 0 Å². The van der Waals surface area contributed by atoms with E-state index in [9.17, 15) is 14.7 Å². The van der Waals surface area contributed by atoms with E-state index in [0.29, 0.717) is 13.0 Å². The van der Waals surface area contributed by atoms with Crippen molar-refractivity contribution in [3.05, 3.63) is 35.9 Å². The molecule has 1 saturated carbocycles. The average Bonchev–Trinajstić information content (AvgIpc) is 3.17. The van der Waals surface area contributed by atoms with Gasteiger partial charge in [-0.05, 0) is 31.7 Å². The molecule has 2 atom stereocenters. The summed E-state index contributed by atoms with van der Waals surface area (Å²) in [6, 6.07) is 9.65. The number of amides is 1. The summed E-state index contributed by atoms with van der Waals surface area (Å²) < 4.78 is 0. The molecule has 1 N–H and O–H groups in total. The van der Waals surface area contributed by atoms with Gasteiger partial charge in [-0.1, -0.05) is 30.3 Å². The van der Waals surface area contributed by atoms with Gasteiger partial charge in [0, 0.05) is 12.6 Å². The number of carbonyl (C=O) groups excluding carboxylic acids is 1. The second-order valence-corrected chi connectivity index (χ2v) is 5.92. The van der Waals surface area contributed by atoms with Crippen molar-refractivity contribution in [2.45, 2.75) is 37.6 Å². The van der Waals surface area contributed by atoms with E-state index in [1.165, 1.54) is 0 Å². The Morgan fingerprint density at radius 1 is 1.25 bits per heavy atom. The Morgan fingerprint density at radius 3 is 2.40 bits per heavy atom. The Labute approximate surface area is 118 Å². The number of nitrogens with zero attached hydrogens (tertiary/aromatic N) is 1. The highest BCUT2D eigenvalue weighted by molar-refractivity contribution is 5.92. The summed E-state index contributed by atoms with van der Waals surface area (Å²) in [5, 5.41) is 9.18. The highest BCUT2D eigenvalue weighted by atomic mass is 16.4. The van der Waals surface area contributed by atoms with Crippen LogP contribution in [0.5, 0.6) is 0 Å². The molecule has 20 heavy (non-hydrogen) atoms. The number of benzene rings is 1. The molecule has 1 aliphatic heterocycles. The molecule has 3 rings (SSSR count). The van der Waals surface area contributed by atoms with Gasteiger partial charge in [0.05, 0.1) is 11.3 Å². The van der Waals surface area contributed by atoms with E-state index in [0.717, 1.165) is 18.4 Å². The lowest BCUT2D eigenvalue weighted by Gasteiger charge is -2.28. The van der Waals surface area contributed by atoms with Crippen molar-refractivity contribution in [1.82, 2.24) is 4.90 Å². The number of rotatable bonds is 3. The molecular weight excluding hydrogens is 254 g/mol. The van der Waals surface area contributed by atoms with Crippen LogP contribution in [0, 0.1) is 5.92 Å². The third kappa shape index (κ3) is 1.90. The number of carboxylic acid groups (broad SMARTS) is 1. The first-order valence-electron chi connectivity index (χ1n) is 7.16. The molecule has 2 unspecified atom stereocenters. The van der Waals surface area contributed by atoms with Crippen LogP contribution < -0.4 is 0 Å². The second-order valence-electron chi connectivity index (χ2n) is 5.92. The zero-order valence-electron chi connectivity index (χ0n) is 11.6. The zero-order valence-corrected chi connectivity index (χ0v) is 11.6. The van der Waals surface area contributed by atoms with Gasteiger partial charge in [-0.25, -0.2) is 0 Å². The summed E-state index contributed by atoms with van der Waals surface area (Å²) in [6.45, 7) is 2.41. The lowest BCUT2D eigenvalue weighted by Crippen LogP contribution is -2.43. The maximum Gasteiger partial charge on any atom is 0.308 e. The van der Waals surface area contributed by atoms with Crippen molar-refractivity contribution in [2.75, 3.05) is 6.54 Å². The van der Waals surface area contributed by atoms with E-state index >= 15 is 0 Å². The molecule has 2 aliphatic rings. The Morgan fingerprint density at radius 2 is 1.90 bits per heavy atom. The molecule has 0 aromatic heterocycles. The summed E-state index contributed by atoms with van der Waals surface area (Å²) in [5.74, 6) is -1.11. The van der Waals surface area contributed by atoms with Gasteiger partial charge in [0.25, 0.3) is 0 Å². The fourth-order valence-corrected chi connectivity index (χ4v) is 3.34. The van der Waals surface area contributed by atoms with Crippen molar-refractivity contribution >= 4 is 11.9 Å². The number of hydrogen-bond acceptors (Lipinski definition) is 2. The minimum absolute atomic E-state index is 0.111. The van der Waals surface area contributed by atoms with Gasteiger partial charge in [0.1, 0.15) is 0 Å². The number of likely N-dealkylation sites (tertiary alicyclic amines) is 1. The molecule has 4 nitrogen and oxygen atoms in total. The molecule has 1 aromatic carbocycles. The molecule has 4 heteroatoms. The van der Waals surface area contributed by atoms with Gasteiger partial charge in [-0.3, -0.25) is 9.59 Å². The van der Waals surface area contributed by atoms with Crippen LogP contribution in [0.3, 0.4) is 0 Å². The van der Waals surface area contributed by atoms with Crippen molar-refractivity contribution < 1.29 is 14.7 Å². The molecule has 0 bridgehead atoms. The molecule has 0 radical (unpaired) electrons. The Bertz CT molecular complexity index is 536. The molecular formula is C16H19NO3. The summed E-state index contributed by atoms with van der Waals surface area (Å²) >= 11 is 0. The molecule has 106 valence electrons. The molecule has 1 saturated heterocycles. The van der Waals surface area contributed by atoms with Gasteiger partial charge in [-0.15, -0.1) is 0 Å². The van der Waals surface area contributed by atoms with E-state index in [4.69, 9.17) is 0 Å². The van der Waals surface area contributed by atoms with E-state index in [2.05, 4.69) is 0 Å². The highest BCUT2D eigenvalue weighted by Gasteiger charge is 2.55.